The molecule has 0 aromatic carbocycles. The van der Waals surface area contributed by atoms with Gasteiger partial charge in [-0.3, -0.25) is 0 Å². The molecule has 1 saturated carbocycles. The molecule has 0 aromatic rings. The van der Waals surface area contributed by atoms with Crippen LogP contribution in [0.2, 0.25) is 0 Å². The predicted molar refractivity (Wildman–Crippen MR) is 80.6 cm³/mol. The van der Waals surface area contributed by atoms with E-state index in [0.717, 1.165) is 6.42 Å². The van der Waals surface area contributed by atoms with Gasteiger partial charge >= 0.3 is 6.03 Å². The molecule has 2 atom stereocenters. The van der Waals surface area contributed by atoms with E-state index >= 15 is 0 Å². The Morgan fingerprint density at radius 2 is 2.04 bits per heavy atom. The van der Waals surface area contributed by atoms with Crippen molar-refractivity contribution < 1.29 is 23.0 Å². The van der Waals surface area contributed by atoms with Crippen LogP contribution < -0.4 is 5.32 Å². The van der Waals surface area contributed by atoms with Gasteiger partial charge in [0.05, 0.1) is 19.3 Å². The average molecular weight is 332 g/mol. The van der Waals surface area contributed by atoms with Crippen LogP contribution in [0, 0.1) is 5.92 Å². The number of rotatable bonds is 2. The minimum Gasteiger partial charge on any atom is -0.378 e. The zero-order chi connectivity index (χ0) is 16.5. The van der Waals surface area contributed by atoms with Gasteiger partial charge in [0, 0.05) is 39.0 Å². The van der Waals surface area contributed by atoms with E-state index in [0.29, 0.717) is 45.7 Å². The molecule has 132 valence electrons. The molecular weight excluding hydrogens is 306 g/mol. The van der Waals surface area contributed by atoms with E-state index in [1.54, 1.807) is 4.90 Å². The van der Waals surface area contributed by atoms with Crippen molar-refractivity contribution in [2.75, 3.05) is 32.8 Å². The lowest BCUT2D eigenvalue weighted by Gasteiger charge is -2.42. The summed E-state index contributed by atoms with van der Waals surface area (Å²) in [5, 5.41) is 2.92. The van der Waals surface area contributed by atoms with Crippen molar-refractivity contribution in [2.45, 2.75) is 56.7 Å². The summed E-state index contributed by atoms with van der Waals surface area (Å²) in [4.78, 5) is 14.2. The first kappa shape index (κ1) is 16.9. The van der Waals surface area contributed by atoms with Crippen molar-refractivity contribution in [3.63, 3.8) is 0 Å². The highest BCUT2D eigenvalue weighted by Gasteiger charge is 2.44. The Morgan fingerprint density at radius 3 is 2.70 bits per heavy atom. The second-order valence-electron chi connectivity index (χ2n) is 7.28. The van der Waals surface area contributed by atoms with E-state index in [9.17, 15) is 13.6 Å². The van der Waals surface area contributed by atoms with Gasteiger partial charge in [-0.25, -0.2) is 13.6 Å². The van der Waals surface area contributed by atoms with E-state index in [1.807, 2.05) is 6.92 Å². The minimum absolute atomic E-state index is 0.0235. The highest BCUT2D eigenvalue weighted by atomic mass is 19.3. The van der Waals surface area contributed by atoms with E-state index in [1.165, 1.54) is 0 Å². The van der Waals surface area contributed by atoms with E-state index in [-0.39, 0.29) is 36.5 Å². The number of hydrogen-bond donors (Lipinski definition) is 1. The van der Waals surface area contributed by atoms with Gasteiger partial charge in [-0.15, -0.1) is 0 Å². The summed E-state index contributed by atoms with van der Waals surface area (Å²) in [6, 6.07) is -0.122. The number of halogens is 2. The number of ether oxygens (including phenoxy) is 2. The molecule has 3 rings (SSSR count). The molecule has 2 heterocycles. The third-order valence-corrected chi connectivity index (χ3v) is 5.14. The molecule has 0 radical (unpaired) electrons. The van der Waals surface area contributed by atoms with Crippen LogP contribution >= 0.6 is 0 Å². The molecule has 1 aliphatic carbocycles. The largest absolute Gasteiger partial charge is 0.378 e. The molecular formula is C16H26F2N2O3. The van der Waals surface area contributed by atoms with Crippen LogP contribution in [0.4, 0.5) is 13.6 Å². The van der Waals surface area contributed by atoms with Crippen molar-refractivity contribution in [1.82, 2.24) is 10.2 Å². The first-order chi connectivity index (χ1) is 10.9. The van der Waals surface area contributed by atoms with Crippen LogP contribution in [0.1, 0.15) is 39.0 Å². The molecule has 3 aliphatic rings. The number of nitrogens with zero attached hydrogens (tertiary/aromatic N) is 1. The van der Waals surface area contributed by atoms with E-state index in [2.05, 4.69) is 5.32 Å². The third-order valence-electron chi connectivity index (χ3n) is 5.14. The lowest BCUT2D eigenvalue weighted by atomic mass is 9.87. The maximum Gasteiger partial charge on any atom is 0.317 e. The number of morpholine rings is 1. The fraction of sp³-hybridized carbons (Fsp3) is 0.938. The molecule has 0 bridgehead atoms. The first-order valence-corrected chi connectivity index (χ1v) is 8.54. The molecule has 5 nitrogen and oxygen atoms in total. The van der Waals surface area contributed by atoms with Gasteiger partial charge in [-0.2, -0.15) is 0 Å². The van der Waals surface area contributed by atoms with Crippen molar-refractivity contribution in [1.29, 1.82) is 0 Å². The summed E-state index contributed by atoms with van der Waals surface area (Å²) in [6.07, 6.45) is 1.60. The maximum atomic E-state index is 13.2. The SMILES string of the molecule is C[C@@H]1CN(C(=O)NCC2CCC(F)(F)CC2)C[C@@]2(CCOC2)O1. The molecule has 2 amide bonds. The summed E-state index contributed by atoms with van der Waals surface area (Å²) in [5.41, 5.74) is -0.373. The van der Waals surface area contributed by atoms with Gasteiger partial charge in [0.25, 0.3) is 0 Å². The van der Waals surface area contributed by atoms with Gasteiger partial charge in [0.2, 0.25) is 5.92 Å². The van der Waals surface area contributed by atoms with Crippen LogP contribution in [0.25, 0.3) is 0 Å². The van der Waals surface area contributed by atoms with Gasteiger partial charge < -0.3 is 19.7 Å². The Morgan fingerprint density at radius 1 is 1.30 bits per heavy atom. The summed E-state index contributed by atoms with van der Waals surface area (Å²) >= 11 is 0. The number of nitrogens with one attached hydrogen (secondary N) is 1. The van der Waals surface area contributed by atoms with E-state index < -0.39 is 5.92 Å². The summed E-state index contributed by atoms with van der Waals surface area (Å²) < 4.78 is 37.8. The molecule has 7 heteroatoms. The molecule has 1 N–H and O–H groups in total. The van der Waals surface area contributed by atoms with E-state index in [4.69, 9.17) is 9.47 Å². The average Bonchev–Trinajstić information content (AvgIpc) is 2.92. The fourth-order valence-electron chi connectivity index (χ4n) is 3.83. The van der Waals surface area contributed by atoms with Crippen LogP contribution in [0.15, 0.2) is 0 Å². The van der Waals surface area contributed by atoms with Crippen LogP contribution in [0.3, 0.4) is 0 Å². The molecule has 0 aromatic heterocycles. The molecule has 3 fully saturated rings. The summed E-state index contributed by atoms with van der Waals surface area (Å²) in [5.74, 6) is -2.37. The van der Waals surface area contributed by atoms with Crippen molar-refractivity contribution in [2.24, 2.45) is 5.92 Å². The highest BCUT2D eigenvalue weighted by molar-refractivity contribution is 5.74. The van der Waals surface area contributed by atoms with Gasteiger partial charge in [0.1, 0.15) is 5.60 Å². The minimum atomic E-state index is -2.52. The normalized spacial score (nSPS) is 34.7. The van der Waals surface area contributed by atoms with Crippen LogP contribution in [-0.4, -0.2) is 61.4 Å². The van der Waals surface area contributed by atoms with Crippen molar-refractivity contribution >= 4 is 6.03 Å². The monoisotopic (exact) mass is 332 g/mol. The predicted octanol–water partition coefficient (Wildman–Crippen LogP) is 2.40. The van der Waals surface area contributed by atoms with Crippen molar-refractivity contribution in [3.05, 3.63) is 0 Å². The summed E-state index contributed by atoms with van der Waals surface area (Å²) in [7, 11) is 0. The Labute approximate surface area is 135 Å². The lowest BCUT2D eigenvalue weighted by molar-refractivity contribution is -0.137. The molecule has 2 aliphatic heterocycles. The third kappa shape index (κ3) is 4.12. The first-order valence-electron chi connectivity index (χ1n) is 8.54. The van der Waals surface area contributed by atoms with Crippen LogP contribution in [-0.2, 0) is 9.47 Å². The number of hydrogen-bond acceptors (Lipinski definition) is 3. The molecule has 2 saturated heterocycles. The molecule has 0 unspecified atom stereocenters. The van der Waals surface area contributed by atoms with Gasteiger partial charge in [-0.05, 0) is 25.7 Å². The Hall–Kier alpha value is -0.950. The van der Waals surface area contributed by atoms with Gasteiger partial charge in [-0.1, -0.05) is 0 Å². The number of urea groups is 1. The van der Waals surface area contributed by atoms with Crippen molar-refractivity contribution in [3.8, 4) is 0 Å². The van der Waals surface area contributed by atoms with Gasteiger partial charge in [0.15, 0.2) is 0 Å². The second kappa shape index (κ2) is 6.51. The molecule has 23 heavy (non-hydrogen) atoms. The zero-order valence-electron chi connectivity index (χ0n) is 13.7. The Balaban J connectivity index is 1.48. The zero-order valence-corrected chi connectivity index (χ0v) is 13.7. The maximum absolute atomic E-state index is 13.2. The number of alkyl halides is 2. The number of carbonyl (C=O) groups is 1. The number of carbonyl (C=O) groups excluding carboxylic acids is 1. The quantitative estimate of drug-likeness (QED) is 0.845. The fourth-order valence-corrected chi connectivity index (χ4v) is 3.83. The number of amides is 2. The smallest absolute Gasteiger partial charge is 0.317 e. The Bertz CT molecular complexity index is 431. The summed E-state index contributed by atoms with van der Waals surface area (Å²) in [6.45, 7) is 4.71. The highest BCUT2D eigenvalue weighted by Crippen LogP contribution is 2.36. The molecule has 1 spiro atoms. The topological polar surface area (TPSA) is 50.8 Å². The lowest BCUT2D eigenvalue weighted by Crippen LogP contribution is -2.59. The standard InChI is InChI=1S/C16H26F2N2O3/c1-12-9-20(10-15(23-12)6-7-22-11-15)14(21)19-8-13-2-4-16(17,18)5-3-13/h12-13H,2-11H2,1H3,(H,19,21)/t12-,15-/m1/s1. The second-order valence-corrected chi connectivity index (χ2v) is 7.28. The Kier molecular flexibility index (Phi) is 4.78. The van der Waals surface area contributed by atoms with Crippen LogP contribution in [0.5, 0.6) is 0 Å².